The molecule has 0 saturated heterocycles. The number of anilines is 3. The topological polar surface area (TPSA) is 82.3 Å². The Balaban J connectivity index is 1.59. The third kappa shape index (κ3) is 4.50. The molecule has 0 radical (unpaired) electrons. The third-order valence-electron chi connectivity index (χ3n) is 4.86. The average molecular weight is 453 g/mol. The van der Waals surface area contributed by atoms with Gasteiger partial charge in [-0.15, -0.1) is 11.3 Å². The number of thiazole rings is 2. The van der Waals surface area contributed by atoms with Crippen LogP contribution in [0.4, 0.5) is 16.6 Å². The zero-order valence-corrected chi connectivity index (χ0v) is 19.4. The number of nitrogens with one attached hydrogen (secondary N) is 1. The SMILES string of the molecule is COc1ccc(OC)c(-c2csc(-c3sc(Nc4ccc(C(C)C)cc4)nc3N)n2)c1. The Hall–Kier alpha value is -3.10. The molecule has 31 heavy (non-hydrogen) atoms. The zero-order chi connectivity index (χ0) is 22.0. The predicted molar refractivity (Wildman–Crippen MR) is 130 cm³/mol. The van der Waals surface area contributed by atoms with E-state index in [1.54, 1.807) is 14.2 Å². The van der Waals surface area contributed by atoms with Crippen LogP contribution in [0.2, 0.25) is 0 Å². The lowest BCUT2D eigenvalue weighted by Gasteiger charge is -2.08. The summed E-state index contributed by atoms with van der Waals surface area (Å²) in [5.41, 5.74) is 10.2. The van der Waals surface area contributed by atoms with Crippen molar-refractivity contribution in [3.05, 3.63) is 53.4 Å². The van der Waals surface area contributed by atoms with Gasteiger partial charge in [0.25, 0.3) is 0 Å². The highest BCUT2D eigenvalue weighted by Gasteiger charge is 2.17. The molecule has 6 nitrogen and oxygen atoms in total. The van der Waals surface area contributed by atoms with Crippen molar-refractivity contribution in [3.8, 4) is 32.6 Å². The summed E-state index contributed by atoms with van der Waals surface area (Å²) in [5, 5.41) is 6.88. The largest absolute Gasteiger partial charge is 0.497 e. The first-order valence-electron chi connectivity index (χ1n) is 9.80. The van der Waals surface area contributed by atoms with Crippen molar-refractivity contribution in [1.29, 1.82) is 0 Å². The zero-order valence-electron chi connectivity index (χ0n) is 17.8. The first kappa shape index (κ1) is 21.1. The standard InChI is InChI=1S/C23H24N4O2S2/c1-13(2)14-5-7-15(8-6-14)25-23-27-21(24)20(31-23)22-26-18(12-30-22)17-11-16(28-3)9-10-19(17)29-4/h5-13H,24H2,1-4H3,(H,25,27). The Kier molecular flexibility index (Phi) is 6.11. The summed E-state index contributed by atoms with van der Waals surface area (Å²) in [6, 6.07) is 14.0. The Bertz CT molecular complexity index is 1180. The van der Waals surface area contributed by atoms with Crippen LogP contribution < -0.4 is 20.5 Å². The van der Waals surface area contributed by atoms with Gasteiger partial charge >= 0.3 is 0 Å². The summed E-state index contributed by atoms with van der Waals surface area (Å²) in [5.74, 6) is 2.45. The smallest absolute Gasteiger partial charge is 0.189 e. The van der Waals surface area contributed by atoms with Gasteiger partial charge in [0.1, 0.15) is 27.2 Å². The highest BCUT2D eigenvalue weighted by molar-refractivity contribution is 7.23. The lowest BCUT2D eigenvalue weighted by atomic mass is 10.0. The van der Waals surface area contributed by atoms with E-state index < -0.39 is 0 Å². The number of aromatic nitrogens is 2. The van der Waals surface area contributed by atoms with Gasteiger partial charge in [-0.25, -0.2) is 9.97 Å². The Morgan fingerprint density at radius 3 is 2.45 bits per heavy atom. The van der Waals surface area contributed by atoms with Crippen LogP contribution in [0.25, 0.3) is 21.1 Å². The summed E-state index contributed by atoms with van der Waals surface area (Å²) in [6.45, 7) is 4.36. The van der Waals surface area contributed by atoms with Crippen molar-refractivity contribution in [2.45, 2.75) is 19.8 Å². The minimum absolute atomic E-state index is 0.463. The number of hydrogen-bond donors (Lipinski definition) is 2. The normalized spacial score (nSPS) is 11.0. The molecular formula is C23H24N4O2S2. The van der Waals surface area contributed by atoms with Crippen LogP contribution in [0, 0.1) is 0 Å². The van der Waals surface area contributed by atoms with Crippen molar-refractivity contribution in [1.82, 2.24) is 9.97 Å². The van der Waals surface area contributed by atoms with Gasteiger partial charge in [-0.3, -0.25) is 0 Å². The molecule has 0 spiro atoms. The van der Waals surface area contributed by atoms with Crippen molar-refractivity contribution in [2.24, 2.45) is 0 Å². The minimum Gasteiger partial charge on any atom is -0.497 e. The molecule has 0 amide bonds. The van der Waals surface area contributed by atoms with Crippen LogP contribution in [-0.2, 0) is 0 Å². The second-order valence-electron chi connectivity index (χ2n) is 7.24. The van der Waals surface area contributed by atoms with E-state index in [1.807, 2.05) is 23.6 Å². The van der Waals surface area contributed by atoms with E-state index in [0.717, 1.165) is 43.5 Å². The van der Waals surface area contributed by atoms with Gasteiger partial charge in [-0.05, 0) is 41.8 Å². The van der Waals surface area contributed by atoms with Gasteiger partial charge in [0.2, 0.25) is 0 Å². The molecule has 0 bridgehead atoms. The van der Waals surface area contributed by atoms with Crippen molar-refractivity contribution >= 4 is 39.3 Å². The molecule has 2 heterocycles. The van der Waals surface area contributed by atoms with Crippen LogP contribution >= 0.6 is 22.7 Å². The fourth-order valence-corrected chi connectivity index (χ4v) is 4.95. The van der Waals surface area contributed by atoms with Gasteiger partial charge in [-0.1, -0.05) is 37.3 Å². The lowest BCUT2D eigenvalue weighted by molar-refractivity contribution is 0.404. The van der Waals surface area contributed by atoms with E-state index in [4.69, 9.17) is 20.2 Å². The van der Waals surface area contributed by atoms with Crippen molar-refractivity contribution in [2.75, 3.05) is 25.3 Å². The number of rotatable bonds is 7. The maximum absolute atomic E-state index is 6.22. The lowest BCUT2D eigenvalue weighted by Crippen LogP contribution is -1.92. The van der Waals surface area contributed by atoms with Gasteiger partial charge in [0.05, 0.1) is 19.9 Å². The maximum Gasteiger partial charge on any atom is 0.189 e. The second kappa shape index (κ2) is 8.95. The molecular weight excluding hydrogens is 428 g/mol. The molecule has 0 atom stereocenters. The average Bonchev–Trinajstić information content (AvgIpc) is 3.40. The Morgan fingerprint density at radius 2 is 1.77 bits per heavy atom. The fraction of sp³-hybridized carbons (Fsp3) is 0.217. The van der Waals surface area contributed by atoms with Gasteiger partial charge in [0, 0.05) is 16.6 Å². The molecule has 0 fully saturated rings. The summed E-state index contributed by atoms with van der Waals surface area (Å²) in [4.78, 5) is 10.1. The molecule has 0 unspecified atom stereocenters. The predicted octanol–water partition coefficient (Wildman–Crippen LogP) is 6.40. The summed E-state index contributed by atoms with van der Waals surface area (Å²) in [6.07, 6.45) is 0. The molecule has 0 saturated carbocycles. The van der Waals surface area contributed by atoms with Crippen LogP contribution in [0.5, 0.6) is 11.5 Å². The van der Waals surface area contributed by atoms with E-state index >= 15 is 0 Å². The summed E-state index contributed by atoms with van der Waals surface area (Å²) >= 11 is 3.01. The first-order chi connectivity index (χ1) is 15.0. The number of nitrogens with two attached hydrogens (primary N) is 1. The van der Waals surface area contributed by atoms with Crippen LogP contribution in [-0.4, -0.2) is 24.2 Å². The van der Waals surface area contributed by atoms with Crippen molar-refractivity contribution in [3.63, 3.8) is 0 Å². The number of nitrogens with zero attached hydrogens (tertiary/aromatic N) is 2. The molecule has 0 aliphatic carbocycles. The quantitative estimate of drug-likeness (QED) is 0.338. The monoisotopic (exact) mass is 452 g/mol. The molecule has 0 aliphatic heterocycles. The van der Waals surface area contributed by atoms with Gasteiger partial charge < -0.3 is 20.5 Å². The Labute approximate surface area is 189 Å². The Morgan fingerprint density at radius 1 is 1.00 bits per heavy atom. The van der Waals surface area contributed by atoms with E-state index in [0.29, 0.717) is 11.7 Å². The van der Waals surface area contributed by atoms with E-state index in [2.05, 4.69) is 48.4 Å². The van der Waals surface area contributed by atoms with E-state index in [9.17, 15) is 0 Å². The molecule has 4 rings (SSSR count). The molecule has 3 N–H and O–H groups in total. The van der Waals surface area contributed by atoms with Gasteiger partial charge in [-0.2, -0.15) is 0 Å². The fourth-order valence-electron chi connectivity index (χ4n) is 3.13. The maximum atomic E-state index is 6.22. The molecule has 160 valence electrons. The van der Waals surface area contributed by atoms with E-state index in [-0.39, 0.29) is 0 Å². The highest BCUT2D eigenvalue weighted by Crippen LogP contribution is 2.41. The summed E-state index contributed by atoms with van der Waals surface area (Å²) in [7, 11) is 3.28. The molecule has 4 aromatic rings. The van der Waals surface area contributed by atoms with Crippen LogP contribution in [0.1, 0.15) is 25.3 Å². The second-order valence-corrected chi connectivity index (χ2v) is 9.10. The third-order valence-corrected chi connectivity index (χ3v) is 6.85. The number of ether oxygens (including phenoxy) is 2. The number of benzene rings is 2. The van der Waals surface area contributed by atoms with Gasteiger partial charge in [0.15, 0.2) is 5.13 Å². The number of nitrogen functional groups attached to an aromatic ring is 1. The number of methoxy groups -OCH3 is 2. The molecule has 2 aromatic heterocycles. The van der Waals surface area contributed by atoms with Crippen LogP contribution in [0.3, 0.4) is 0 Å². The minimum atomic E-state index is 0.463. The molecule has 2 aromatic carbocycles. The number of hydrogen-bond acceptors (Lipinski definition) is 8. The van der Waals surface area contributed by atoms with Crippen LogP contribution in [0.15, 0.2) is 47.8 Å². The van der Waals surface area contributed by atoms with E-state index in [1.165, 1.54) is 28.2 Å². The summed E-state index contributed by atoms with van der Waals surface area (Å²) < 4.78 is 10.8. The molecule has 8 heteroatoms. The molecule has 0 aliphatic rings. The highest BCUT2D eigenvalue weighted by atomic mass is 32.1. The van der Waals surface area contributed by atoms with Crippen molar-refractivity contribution < 1.29 is 9.47 Å². The first-order valence-corrected chi connectivity index (χ1v) is 11.5.